The number of rotatable bonds is 6. The van der Waals surface area contributed by atoms with E-state index in [-0.39, 0.29) is 10.8 Å². The summed E-state index contributed by atoms with van der Waals surface area (Å²) in [5.74, 6) is -0.206. The fraction of sp³-hybridized carbons (Fsp3) is 0.235. The van der Waals surface area contributed by atoms with Crippen molar-refractivity contribution < 1.29 is 13.2 Å². The van der Waals surface area contributed by atoms with Crippen LogP contribution in [0.15, 0.2) is 53.4 Å². The summed E-state index contributed by atoms with van der Waals surface area (Å²) in [7, 11) is -3.68. The summed E-state index contributed by atoms with van der Waals surface area (Å²) in [6, 6.07) is 13.0. The zero-order chi connectivity index (χ0) is 16.9. The number of sulfonamides is 1. The van der Waals surface area contributed by atoms with Gasteiger partial charge >= 0.3 is 0 Å². The quantitative estimate of drug-likeness (QED) is 0.854. The van der Waals surface area contributed by atoms with Crippen LogP contribution in [0.1, 0.15) is 29.3 Å². The lowest BCUT2D eigenvalue weighted by molar-refractivity contribution is 0.0953. The first-order valence-electron chi connectivity index (χ1n) is 7.41. The van der Waals surface area contributed by atoms with Crippen LogP contribution in [0.5, 0.6) is 0 Å². The molecule has 0 aliphatic carbocycles. The summed E-state index contributed by atoms with van der Waals surface area (Å²) in [5.41, 5.74) is 1.82. The molecule has 0 aliphatic rings. The number of amides is 1. The van der Waals surface area contributed by atoms with Crippen molar-refractivity contribution in [2.24, 2.45) is 0 Å². The van der Waals surface area contributed by atoms with Crippen molar-refractivity contribution in [2.75, 3.05) is 11.3 Å². The van der Waals surface area contributed by atoms with Crippen LogP contribution in [-0.4, -0.2) is 20.9 Å². The molecule has 0 radical (unpaired) electrons. The average Bonchev–Trinajstić information content (AvgIpc) is 2.55. The lowest BCUT2D eigenvalue weighted by atomic mass is 10.2. The van der Waals surface area contributed by atoms with Crippen molar-refractivity contribution in [3.05, 3.63) is 59.7 Å². The molecule has 0 saturated heterocycles. The van der Waals surface area contributed by atoms with Gasteiger partial charge in [0, 0.05) is 12.1 Å². The van der Waals surface area contributed by atoms with Crippen LogP contribution in [0, 0.1) is 6.92 Å². The lowest BCUT2D eigenvalue weighted by Gasteiger charge is -2.11. The molecule has 1 amide bonds. The first-order chi connectivity index (χ1) is 10.9. The molecule has 0 atom stereocenters. The Hall–Kier alpha value is -2.34. The van der Waals surface area contributed by atoms with Crippen LogP contribution >= 0.6 is 0 Å². The Labute approximate surface area is 136 Å². The lowest BCUT2D eigenvalue weighted by Crippen LogP contribution is -2.24. The van der Waals surface area contributed by atoms with Gasteiger partial charge in [-0.1, -0.05) is 25.1 Å². The zero-order valence-electron chi connectivity index (χ0n) is 13.2. The van der Waals surface area contributed by atoms with Crippen molar-refractivity contribution in [2.45, 2.75) is 25.2 Å². The zero-order valence-corrected chi connectivity index (χ0v) is 14.0. The highest BCUT2D eigenvalue weighted by molar-refractivity contribution is 7.92. The topological polar surface area (TPSA) is 75.3 Å². The minimum absolute atomic E-state index is 0.118. The van der Waals surface area contributed by atoms with E-state index < -0.39 is 10.0 Å². The molecule has 0 aliphatic heterocycles. The molecule has 6 heteroatoms. The number of benzene rings is 2. The van der Waals surface area contributed by atoms with E-state index in [9.17, 15) is 13.2 Å². The van der Waals surface area contributed by atoms with E-state index >= 15 is 0 Å². The van der Waals surface area contributed by atoms with Crippen LogP contribution in [-0.2, 0) is 10.0 Å². The second-order valence-electron chi connectivity index (χ2n) is 5.20. The molecule has 2 rings (SSSR count). The second-order valence-corrected chi connectivity index (χ2v) is 6.88. The molecule has 0 unspecified atom stereocenters. The fourth-order valence-corrected chi connectivity index (χ4v) is 3.15. The molecule has 0 aromatic heterocycles. The number of hydrogen-bond acceptors (Lipinski definition) is 3. The molecule has 23 heavy (non-hydrogen) atoms. The maximum atomic E-state index is 12.4. The van der Waals surface area contributed by atoms with Crippen molar-refractivity contribution in [3.8, 4) is 0 Å². The van der Waals surface area contributed by atoms with Gasteiger partial charge in [-0.25, -0.2) is 8.42 Å². The number of para-hydroxylation sites is 1. The molecule has 2 aromatic carbocycles. The Morgan fingerprint density at radius 2 is 1.70 bits per heavy atom. The third-order valence-electron chi connectivity index (χ3n) is 3.35. The molecular weight excluding hydrogens is 312 g/mol. The second kappa shape index (κ2) is 7.28. The van der Waals surface area contributed by atoms with Gasteiger partial charge in [0.15, 0.2) is 0 Å². The number of carbonyl (C=O) groups excluding carboxylic acids is 1. The fourth-order valence-electron chi connectivity index (χ4n) is 2.02. The van der Waals surface area contributed by atoms with Crippen LogP contribution < -0.4 is 10.0 Å². The third-order valence-corrected chi connectivity index (χ3v) is 4.73. The van der Waals surface area contributed by atoms with Gasteiger partial charge in [-0.05, 0) is 49.2 Å². The number of anilines is 1. The van der Waals surface area contributed by atoms with Gasteiger partial charge in [-0.2, -0.15) is 0 Å². The molecule has 0 bridgehead atoms. The minimum Gasteiger partial charge on any atom is -0.352 e. The molecule has 5 nitrogen and oxygen atoms in total. The van der Waals surface area contributed by atoms with E-state index in [1.807, 2.05) is 26.0 Å². The largest absolute Gasteiger partial charge is 0.352 e. The van der Waals surface area contributed by atoms with Gasteiger partial charge in [-0.15, -0.1) is 0 Å². The predicted molar refractivity (Wildman–Crippen MR) is 91.1 cm³/mol. The highest BCUT2D eigenvalue weighted by atomic mass is 32.2. The minimum atomic E-state index is -3.68. The molecule has 0 spiro atoms. The Morgan fingerprint density at radius 3 is 2.30 bits per heavy atom. The van der Waals surface area contributed by atoms with E-state index in [1.54, 1.807) is 12.1 Å². The van der Waals surface area contributed by atoms with Gasteiger partial charge in [0.25, 0.3) is 15.9 Å². The molecule has 0 saturated carbocycles. The summed E-state index contributed by atoms with van der Waals surface area (Å²) in [5, 5.41) is 2.75. The number of nitrogens with one attached hydrogen (secondary N) is 2. The van der Waals surface area contributed by atoms with Crippen LogP contribution in [0.4, 0.5) is 5.69 Å². The summed E-state index contributed by atoms with van der Waals surface area (Å²) in [6.45, 7) is 4.39. The summed E-state index contributed by atoms with van der Waals surface area (Å²) in [4.78, 5) is 11.9. The number of aryl methyl sites for hydroxylation is 1. The molecule has 0 heterocycles. The molecule has 122 valence electrons. The van der Waals surface area contributed by atoms with E-state index in [4.69, 9.17) is 0 Å². The number of carbonyl (C=O) groups is 1. The van der Waals surface area contributed by atoms with Crippen LogP contribution in [0.2, 0.25) is 0 Å². The van der Waals surface area contributed by atoms with E-state index in [0.29, 0.717) is 17.8 Å². The first kappa shape index (κ1) is 17.0. The normalized spacial score (nSPS) is 11.0. The highest BCUT2D eigenvalue weighted by Gasteiger charge is 2.15. The monoisotopic (exact) mass is 332 g/mol. The molecule has 0 fully saturated rings. The Morgan fingerprint density at radius 1 is 1.04 bits per heavy atom. The summed E-state index contributed by atoms with van der Waals surface area (Å²) < 4.78 is 27.3. The molecule has 2 N–H and O–H groups in total. The van der Waals surface area contributed by atoms with Gasteiger partial charge in [-0.3, -0.25) is 9.52 Å². The maximum absolute atomic E-state index is 12.4. The first-order valence-corrected chi connectivity index (χ1v) is 8.89. The summed E-state index contributed by atoms with van der Waals surface area (Å²) >= 11 is 0. The third kappa shape index (κ3) is 4.32. The highest BCUT2D eigenvalue weighted by Crippen LogP contribution is 2.19. The van der Waals surface area contributed by atoms with Gasteiger partial charge in [0.2, 0.25) is 0 Å². The predicted octanol–water partition coefficient (Wildman–Crippen LogP) is 2.94. The van der Waals surface area contributed by atoms with Crippen LogP contribution in [0.3, 0.4) is 0 Å². The molecule has 2 aromatic rings. The summed E-state index contributed by atoms with van der Waals surface area (Å²) in [6.07, 6.45) is 0.846. The van der Waals surface area contributed by atoms with Gasteiger partial charge in [0.1, 0.15) is 0 Å². The van der Waals surface area contributed by atoms with E-state index in [0.717, 1.165) is 12.0 Å². The SMILES string of the molecule is CCCNC(=O)c1ccc(S(=O)(=O)Nc2ccccc2C)cc1. The van der Waals surface area contributed by atoms with Gasteiger partial charge in [0.05, 0.1) is 10.6 Å². The maximum Gasteiger partial charge on any atom is 0.261 e. The average molecular weight is 332 g/mol. The van der Waals surface area contributed by atoms with Crippen molar-refractivity contribution in [3.63, 3.8) is 0 Å². The smallest absolute Gasteiger partial charge is 0.261 e. The Kier molecular flexibility index (Phi) is 5.39. The standard InChI is InChI=1S/C17H20N2O3S/c1-3-12-18-17(20)14-8-10-15(11-9-14)23(21,22)19-16-7-5-4-6-13(16)2/h4-11,19H,3,12H2,1-2H3,(H,18,20). The van der Waals surface area contributed by atoms with E-state index in [2.05, 4.69) is 10.0 Å². The van der Waals surface area contributed by atoms with Gasteiger partial charge < -0.3 is 5.32 Å². The molecular formula is C17H20N2O3S. The van der Waals surface area contributed by atoms with Crippen LogP contribution in [0.25, 0.3) is 0 Å². The number of hydrogen-bond donors (Lipinski definition) is 2. The Bertz CT molecular complexity index is 784. The van der Waals surface area contributed by atoms with E-state index in [1.165, 1.54) is 24.3 Å². The Balaban J connectivity index is 2.18. The van der Waals surface area contributed by atoms with Crippen molar-refractivity contribution >= 4 is 21.6 Å². The van der Waals surface area contributed by atoms with Crippen molar-refractivity contribution in [1.82, 2.24) is 5.32 Å². The van der Waals surface area contributed by atoms with Crippen molar-refractivity contribution in [1.29, 1.82) is 0 Å².